The Morgan fingerprint density at radius 3 is 2.60 bits per heavy atom. The summed E-state index contributed by atoms with van der Waals surface area (Å²) in [5.74, 6) is -1.43. The summed E-state index contributed by atoms with van der Waals surface area (Å²) in [6.45, 7) is 1.98. The molecule has 20 heavy (non-hydrogen) atoms. The fourth-order valence-corrected chi connectivity index (χ4v) is 2.24. The van der Waals surface area contributed by atoms with Crippen molar-refractivity contribution >= 4 is 27.6 Å². The summed E-state index contributed by atoms with van der Waals surface area (Å²) in [6.07, 6.45) is 1.10. The second-order valence-electron chi connectivity index (χ2n) is 4.09. The van der Waals surface area contributed by atoms with Gasteiger partial charge in [0.2, 0.25) is 5.69 Å². The molecule has 0 aliphatic carbocycles. The molecule has 9 nitrogen and oxygen atoms in total. The molecule has 0 aliphatic rings. The third-order valence-corrected chi connectivity index (χ3v) is 3.75. The smallest absolute Gasteiger partial charge is 0.363 e. The summed E-state index contributed by atoms with van der Waals surface area (Å²) in [5, 5.41) is 27.6. The van der Waals surface area contributed by atoms with E-state index in [-0.39, 0.29) is 6.54 Å². The Kier molecular flexibility index (Phi) is 3.57. The first kappa shape index (κ1) is 14.2. The molecule has 0 amide bonds. The van der Waals surface area contributed by atoms with Crippen LogP contribution < -0.4 is 0 Å². The summed E-state index contributed by atoms with van der Waals surface area (Å²) >= 11 is 3.37. The van der Waals surface area contributed by atoms with E-state index in [2.05, 4.69) is 26.1 Å². The Morgan fingerprint density at radius 1 is 1.55 bits per heavy atom. The van der Waals surface area contributed by atoms with Crippen LogP contribution in [0.25, 0.3) is 0 Å². The Morgan fingerprint density at radius 2 is 2.20 bits per heavy atom. The largest absolute Gasteiger partial charge is 0.476 e. The predicted molar refractivity (Wildman–Crippen MR) is 70.6 cm³/mol. The van der Waals surface area contributed by atoms with Crippen LogP contribution in [0.5, 0.6) is 0 Å². The zero-order chi connectivity index (χ0) is 15.0. The first-order chi connectivity index (χ1) is 9.31. The fourth-order valence-electron chi connectivity index (χ4n) is 1.78. The van der Waals surface area contributed by atoms with Crippen LogP contribution in [0.1, 0.15) is 21.9 Å². The van der Waals surface area contributed by atoms with E-state index in [4.69, 9.17) is 5.11 Å². The van der Waals surface area contributed by atoms with Gasteiger partial charge in [0, 0.05) is 7.05 Å². The highest BCUT2D eigenvalue weighted by Gasteiger charge is 2.25. The van der Waals surface area contributed by atoms with Gasteiger partial charge in [0.15, 0.2) is 0 Å². The summed E-state index contributed by atoms with van der Waals surface area (Å²) in [6, 6.07) is 0. The molecule has 0 bridgehead atoms. The van der Waals surface area contributed by atoms with Gasteiger partial charge in [-0.05, 0) is 22.9 Å². The minimum Gasteiger partial charge on any atom is -0.476 e. The molecule has 0 saturated carbocycles. The zero-order valence-electron chi connectivity index (χ0n) is 10.6. The highest BCUT2D eigenvalue weighted by atomic mass is 79.9. The van der Waals surface area contributed by atoms with Crippen LogP contribution in [0, 0.1) is 17.0 Å². The molecule has 0 aliphatic heterocycles. The topological polar surface area (TPSA) is 116 Å². The molecule has 0 radical (unpaired) electrons. The van der Waals surface area contributed by atoms with E-state index in [1.165, 1.54) is 4.68 Å². The number of nitrogens with zero attached hydrogens (tertiary/aromatic N) is 5. The quantitative estimate of drug-likeness (QED) is 0.661. The molecular formula is C10H10BrN5O4. The normalized spacial score (nSPS) is 10.8. The van der Waals surface area contributed by atoms with E-state index in [9.17, 15) is 14.9 Å². The number of aryl methyl sites for hydroxylation is 2. The summed E-state index contributed by atoms with van der Waals surface area (Å²) in [7, 11) is 1.73. The number of carboxylic acids is 1. The van der Waals surface area contributed by atoms with Crippen LogP contribution in [0.2, 0.25) is 0 Å². The first-order valence-electron chi connectivity index (χ1n) is 5.44. The lowest BCUT2D eigenvalue weighted by Crippen LogP contribution is -2.08. The molecule has 0 unspecified atom stereocenters. The molecule has 2 heterocycles. The first-order valence-corrected chi connectivity index (χ1v) is 6.23. The van der Waals surface area contributed by atoms with Crippen molar-refractivity contribution < 1.29 is 14.8 Å². The van der Waals surface area contributed by atoms with Crippen molar-refractivity contribution in [3.8, 4) is 0 Å². The molecule has 106 valence electrons. The van der Waals surface area contributed by atoms with Gasteiger partial charge in [0.05, 0.1) is 27.3 Å². The van der Waals surface area contributed by atoms with Gasteiger partial charge in [-0.25, -0.2) is 4.79 Å². The van der Waals surface area contributed by atoms with Crippen LogP contribution in [-0.2, 0) is 13.6 Å². The van der Waals surface area contributed by atoms with Gasteiger partial charge in [-0.1, -0.05) is 0 Å². The molecule has 2 aromatic rings. The van der Waals surface area contributed by atoms with Crippen LogP contribution >= 0.6 is 15.9 Å². The van der Waals surface area contributed by atoms with E-state index in [0.29, 0.717) is 0 Å². The third kappa shape index (κ3) is 2.41. The van der Waals surface area contributed by atoms with Gasteiger partial charge in [-0.2, -0.15) is 10.2 Å². The molecular weight excluding hydrogens is 334 g/mol. The van der Waals surface area contributed by atoms with Gasteiger partial charge in [-0.15, -0.1) is 0 Å². The van der Waals surface area contributed by atoms with E-state index >= 15 is 0 Å². The van der Waals surface area contributed by atoms with Crippen molar-refractivity contribution in [3.05, 3.63) is 37.9 Å². The third-order valence-electron chi connectivity index (χ3n) is 2.72. The molecule has 0 spiro atoms. The molecule has 10 heteroatoms. The van der Waals surface area contributed by atoms with Gasteiger partial charge in [0.1, 0.15) is 6.20 Å². The summed E-state index contributed by atoms with van der Waals surface area (Å²) in [4.78, 5) is 20.9. The minimum atomic E-state index is -1.43. The summed E-state index contributed by atoms with van der Waals surface area (Å²) < 4.78 is 3.57. The lowest BCUT2D eigenvalue weighted by Gasteiger charge is -2.02. The molecule has 2 rings (SSSR count). The van der Waals surface area contributed by atoms with E-state index in [1.54, 1.807) is 11.7 Å². The number of carbonyl (C=O) groups is 1. The van der Waals surface area contributed by atoms with Crippen molar-refractivity contribution in [1.29, 1.82) is 0 Å². The van der Waals surface area contributed by atoms with E-state index in [1.807, 2.05) is 6.92 Å². The maximum absolute atomic E-state index is 10.9. The maximum atomic E-state index is 10.9. The van der Waals surface area contributed by atoms with Crippen molar-refractivity contribution in [3.63, 3.8) is 0 Å². The predicted octanol–water partition coefficient (Wildman–Crippen LogP) is 1.34. The molecule has 1 N–H and O–H groups in total. The standard InChI is InChI=1S/C10H10BrN5O4/c1-5-8(11)6(14(2)12-5)3-15-4-7(16(19)20)9(13-15)10(17)18/h4H,3H2,1-2H3,(H,17,18). The molecule has 0 fully saturated rings. The van der Waals surface area contributed by atoms with Crippen LogP contribution in [0.15, 0.2) is 10.7 Å². The Hall–Kier alpha value is -2.23. The average Bonchev–Trinajstić information content (AvgIpc) is 2.87. The number of aromatic nitrogens is 4. The minimum absolute atomic E-state index is 0.173. The van der Waals surface area contributed by atoms with Crippen LogP contribution in [0.4, 0.5) is 5.69 Å². The van der Waals surface area contributed by atoms with Crippen LogP contribution in [0.3, 0.4) is 0 Å². The average molecular weight is 344 g/mol. The second kappa shape index (κ2) is 5.04. The summed E-state index contributed by atoms with van der Waals surface area (Å²) in [5.41, 5.74) is 0.386. The lowest BCUT2D eigenvalue weighted by molar-refractivity contribution is -0.385. The van der Waals surface area contributed by atoms with Crippen molar-refractivity contribution in [2.24, 2.45) is 7.05 Å². The molecule has 0 atom stereocenters. The SMILES string of the molecule is Cc1nn(C)c(Cn2cc([N+](=O)[O-])c(C(=O)O)n2)c1Br. The van der Waals surface area contributed by atoms with Crippen molar-refractivity contribution in [2.45, 2.75) is 13.5 Å². The Bertz CT molecular complexity index is 673. The highest BCUT2D eigenvalue weighted by molar-refractivity contribution is 9.10. The molecule has 0 saturated heterocycles. The number of hydrogen-bond donors (Lipinski definition) is 1. The zero-order valence-corrected chi connectivity index (χ0v) is 12.2. The van der Waals surface area contributed by atoms with Gasteiger partial charge in [0.25, 0.3) is 0 Å². The van der Waals surface area contributed by atoms with Crippen LogP contribution in [-0.4, -0.2) is 35.6 Å². The highest BCUT2D eigenvalue weighted by Crippen LogP contribution is 2.23. The van der Waals surface area contributed by atoms with Gasteiger partial charge < -0.3 is 5.11 Å². The van der Waals surface area contributed by atoms with Gasteiger partial charge in [-0.3, -0.25) is 19.5 Å². The lowest BCUT2D eigenvalue weighted by atomic mass is 10.3. The number of aromatic carboxylic acids is 1. The Balaban J connectivity index is 2.42. The number of hydrogen-bond acceptors (Lipinski definition) is 5. The Labute approximate surface area is 121 Å². The van der Waals surface area contributed by atoms with E-state index in [0.717, 1.165) is 22.1 Å². The fraction of sp³-hybridized carbons (Fsp3) is 0.300. The molecule has 2 aromatic heterocycles. The molecule has 0 aromatic carbocycles. The maximum Gasteiger partial charge on any atom is 0.363 e. The number of halogens is 1. The number of nitro groups is 1. The number of rotatable bonds is 4. The van der Waals surface area contributed by atoms with Gasteiger partial charge >= 0.3 is 11.7 Å². The van der Waals surface area contributed by atoms with Crippen molar-refractivity contribution in [1.82, 2.24) is 19.6 Å². The number of carboxylic acid groups (broad SMARTS) is 1. The van der Waals surface area contributed by atoms with E-state index < -0.39 is 22.3 Å². The second-order valence-corrected chi connectivity index (χ2v) is 4.89. The van der Waals surface area contributed by atoms with Crippen molar-refractivity contribution in [2.75, 3.05) is 0 Å². The monoisotopic (exact) mass is 343 g/mol.